The lowest BCUT2D eigenvalue weighted by Gasteiger charge is -2.20. The highest BCUT2D eigenvalue weighted by atomic mass is 16.5. The van der Waals surface area contributed by atoms with Crippen molar-refractivity contribution in [1.29, 1.82) is 0 Å². The van der Waals surface area contributed by atoms with Gasteiger partial charge >= 0.3 is 11.8 Å². The molecule has 142 valence electrons. The Labute approximate surface area is 164 Å². The molecule has 0 aliphatic rings. The third-order valence-corrected chi connectivity index (χ3v) is 4.17. The summed E-state index contributed by atoms with van der Waals surface area (Å²) in [4.78, 5) is 26.3. The van der Waals surface area contributed by atoms with Crippen molar-refractivity contribution in [2.24, 2.45) is 0 Å². The van der Waals surface area contributed by atoms with Crippen molar-refractivity contribution in [3.8, 4) is 11.5 Å². The lowest BCUT2D eigenvalue weighted by atomic mass is 10.2. The molecule has 0 atom stereocenters. The first-order valence-electron chi connectivity index (χ1n) is 9.13. The van der Waals surface area contributed by atoms with Gasteiger partial charge in [-0.25, -0.2) is 0 Å². The van der Waals surface area contributed by atoms with Crippen molar-refractivity contribution in [1.82, 2.24) is 4.90 Å². The number of carbonyl (C=O) groups excluding carboxylic acids is 2. The number of rotatable bonds is 6. The van der Waals surface area contributed by atoms with Crippen LogP contribution in [0.25, 0.3) is 0 Å². The molecule has 0 bridgehead atoms. The summed E-state index contributed by atoms with van der Waals surface area (Å²) in [5.41, 5.74) is 1.52. The van der Waals surface area contributed by atoms with Crippen molar-refractivity contribution in [3.05, 3.63) is 90.5 Å². The molecule has 3 aromatic carbocycles. The standard InChI is InChI=1S/C23H22N2O3/c1-2-25(17-18-9-5-3-6-10-18)23(27)22(26)24-19-13-15-21(16-14-19)28-20-11-7-4-8-12-20/h3-16H,2,17H2,1H3,(H,24,26). The maximum Gasteiger partial charge on any atom is 0.313 e. The van der Waals surface area contributed by atoms with E-state index >= 15 is 0 Å². The molecule has 5 heteroatoms. The number of benzene rings is 3. The van der Waals surface area contributed by atoms with Gasteiger partial charge in [-0.05, 0) is 48.9 Å². The molecule has 0 heterocycles. The molecule has 5 nitrogen and oxygen atoms in total. The summed E-state index contributed by atoms with van der Waals surface area (Å²) >= 11 is 0. The maximum absolute atomic E-state index is 12.5. The number of amides is 2. The van der Waals surface area contributed by atoms with Gasteiger partial charge in [0.25, 0.3) is 0 Å². The Balaban J connectivity index is 1.59. The van der Waals surface area contributed by atoms with Crippen LogP contribution in [0.15, 0.2) is 84.9 Å². The van der Waals surface area contributed by atoms with Gasteiger partial charge in [-0.3, -0.25) is 9.59 Å². The second-order valence-corrected chi connectivity index (χ2v) is 6.20. The van der Waals surface area contributed by atoms with Crippen molar-refractivity contribution < 1.29 is 14.3 Å². The highest BCUT2D eigenvalue weighted by molar-refractivity contribution is 6.39. The molecule has 0 radical (unpaired) electrons. The molecular formula is C23H22N2O3. The van der Waals surface area contributed by atoms with Gasteiger partial charge in [-0.1, -0.05) is 48.5 Å². The topological polar surface area (TPSA) is 58.6 Å². The zero-order valence-corrected chi connectivity index (χ0v) is 15.7. The second-order valence-electron chi connectivity index (χ2n) is 6.20. The fraction of sp³-hybridized carbons (Fsp3) is 0.130. The van der Waals surface area contributed by atoms with Gasteiger partial charge in [0.1, 0.15) is 11.5 Å². The van der Waals surface area contributed by atoms with Crippen LogP contribution in [0.3, 0.4) is 0 Å². The summed E-state index contributed by atoms with van der Waals surface area (Å²) in [6, 6.07) is 25.9. The molecule has 28 heavy (non-hydrogen) atoms. The van der Waals surface area contributed by atoms with Crippen molar-refractivity contribution in [2.75, 3.05) is 11.9 Å². The Hall–Kier alpha value is -3.60. The van der Waals surface area contributed by atoms with Crippen LogP contribution in [-0.4, -0.2) is 23.3 Å². The summed E-state index contributed by atoms with van der Waals surface area (Å²) in [6.45, 7) is 2.70. The molecule has 0 saturated carbocycles. The van der Waals surface area contributed by atoms with Crippen molar-refractivity contribution in [3.63, 3.8) is 0 Å². The molecule has 0 fully saturated rings. The number of hydrogen-bond acceptors (Lipinski definition) is 3. The molecule has 0 saturated heterocycles. The normalized spacial score (nSPS) is 10.2. The summed E-state index contributed by atoms with van der Waals surface area (Å²) in [6.07, 6.45) is 0. The van der Waals surface area contributed by atoms with E-state index in [4.69, 9.17) is 4.74 Å². The number of para-hydroxylation sites is 1. The Morgan fingerprint density at radius 3 is 2.00 bits per heavy atom. The summed E-state index contributed by atoms with van der Waals surface area (Å²) < 4.78 is 5.72. The third kappa shape index (κ3) is 5.20. The van der Waals surface area contributed by atoms with Gasteiger partial charge in [-0.15, -0.1) is 0 Å². The van der Waals surface area contributed by atoms with Crippen LogP contribution in [0.4, 0.5) is 5.69 Å². The summed E-state index contributed by atoms with van der Waals surface area (Å²) in [5, 5.41) is 2.65. The average molecular weight is 374 g/mol. The van der Waals surface area contributed by atoms with E-state index in [0.29, 0.717) is 24.5 Å². The molecule has 0 aliphatic carbocycles. The smallest absolute Gasteiger partial charge is 0.313 e. The van der Waals surface area contributed by atoms with Crippen LogP contribution in [-0.2, 0) is 16.1 Å². The van der Waals surface area contributed by atoms with E-state index < -0.39 is 11.8 Å². The number of nitrogens with one attached hydrogen (secondary N) is 1. The summed E-state index contributed by atoms with van der Waals surface area (Å²) in [7, 11) is 0. The number of hydrogen-bond donors (Lipinski definition) is 1. The van der Waals surface area contributed by atoms with E-state index in [0.717, 1.165) is 11.3 Å². The van der Waals surface area contributed by atoms with Gasteiger partial charge in [0, 0.05) is 18.8 Å². The fourth-order valence-electron chi connectivity index (χ4n) is 2.69. The Morgan fingerprint density at radius 2 is 1.39 bits per heavy atom. The molecule has 0 aliphatic heterocycles. The zero-order valence-electron chi connectivity index (χ0n) is 15.7. The molecular weight excluding hydrogens is 352 g/mol. The largest absolute Gasteiger partial charge is 0.457 e. The highest BCUT2D eigenvalue weighted by Gasteiger charge is 2.20. The first-order chi connectivity index (χ1) is 13.7. The van der Waals surface area contributed by atoms with Crippen molar-refractivity contribution >= 4 is 17.5 Å². The van der Waals surface area contributed by atoms with E-state index in [1.54, 1.807) is 24.3 Å². The Morgan fingerprint density at radius 1 is 0.821 bits per heavy atom. The molecule has 1 N–H and O–H groups in total. The van der Waals surface area contributed by atoms with Gasteiger partial charge < -0.3 is 15.0 Å². The van der Waals surface area contributed by atoms with E-state index in [-0.39, 0.29) is 0 Å². The predicted molar refractivity (Wildman–Crippen MR) is 109 cm³/mol. The van der Waals surface area contributed by atoms with Crippen LogP contribution in [0, 0.1) is 0 Å². The Bertz CT molecular complexity index is 910. The van der Waals surface area contributed by atoms with Crippen molar-refractivity contribution in [2.45, 2.75) is 13.5 Å². The minimum atomic E-state index is -0.658. The lowest BCUT2D eigenvalue weighted by Crippen LogP contribution is -2.39. The predicted octanol–water partition coefficient (Wildman–Crippen LogP) is 4.47. The first kappa shape index (κ1) is 19.2. The summed E-state index contributed by atoms with van der Waals surface area (Å²) in [5.74, 6) is 0.161. The van der Waals surface area contributed by atoms with Crippen LogP contribution in [0.1, 0.15) is 12.5 Å². The van der Waals surface area contributed by atoms with Crippen LogP contribution >= 0.6 is 0 Å². The highest BCUT2D eigenvalue weighted by Crippen LogP contribution is 2.22. The molecule has 0 unspecified atom stereocenters. The van der Waals surface area contributed by atoms with Crippen LogP contribution in [0.5, 0.6) is 11.5 Å². The number of carbonyl (C=O) groups is 2. The second kappa shape index (κ2) is 9.37. The van der Waals surface area contributed by atoms with E-state index in [2.05, 4.69) is 5.32 Å². The third-order valence-electron chi connectivity index (χ3n) is 4.17. The lowest BCUT2D eigenvalue weighted by molar-refractivity contribution is -0.143. The maximum atomic E-state index is 12.5. The van der Waals surface area contributed by atoms with E-state index in [1.807, 2.05) is 67.6 Å². The minimum absolute atomic E-state index is 0.396. The van der Waals surface area contributed by atoms with Gasteiger partial charge in [0.05, 0.1) is 0 Å². The number of anilines is 1. The molecule has 3 rings (SSSR count). The van der Waals surface area contributed by atoms with Gasteiger partial charge in [0.15, 0.2) is 0 Å². The van der Waals surface area contributed by atoms with Crippen LogP contribution < -0.4 is 10.1 Å². The van der Waals surface area contributed by atoms with Gasteiger partial charge in [-0.2, -0.15) is 0 Å². The zero-order chi connectivity index (χ0) is 19.8. The van der Waals surface area contributed by atoms with Crippen LogP contribution in [0.2, 0.25) is 0 Å². The number of likely N-dealkylation sites (N-methyl/N-ethyl adjacent to an activating group) is 1. The number of ether oxygens (including phenoxy) is 1. The monoisotopic (exact) mass is 374 g/mol. The van der Waals surface area contributed by atoms with E-state index in [9.17, 15) is 9.59 Å². The molecule has 0 aromatic heterocycles. The van der Waals surface area contributed by atoms with Gasteiger partial charge in [0.2, 0.25) is 0 Å². The SMILES string of the molecule is CCN(Cc1ccccc1)C(=O)C(=O)Nc1ccc(Oc2ccccc2)cc1. The Kier molecular flexibility index (Phi) is 6.41. The minimum Gasteiger partial charge on any atom is -0.457 e. The average Bonchev–Trinajstić information content (AvgIpc) is 2.74. The number of nitrogens with zero attached hydrogens (tertiary/aromatic N) is 1. The molecule has 0 spiro atoms. The van der Waals surface area contributed by atoms with E-state index in [1.165, 1.54) is 4.90 Å². The fourth-order valence-corrected chi connectivity index (χ4v) is 2.69. The quantitative estimate of drug-likeness (QED) is 0.648. The molecule has 2 amide bonds. The first-order valence-corrected chi connectivity index (χ1v) is 9.13. The molecule has 3 aromatic rings.